The molecule has 0 radical (unpaired) electrons. The monoisotopic (exact) mass is 437 g/mol. The Bertz CT molecular complexity index is 918. The lowest BCUT2D eigenvalue weighted by atomic mass is 10.2. The molecule has 0 saturated carbocycles. The first-order valence-corrected chi connectivity index (χ1v) is 10.1. The number of ether oxygens (including phenoxy) is 2. The Morgan fingerprint density at radius 1 is 1.07 bits per heavy atom. The van der Waals surface area contributed by atoms with E-state index in [1.165, 1.54) is 6.92 Å². The zero-order valence-electron chi connectivity index (χ0n) is 16.8. The average Bonchev–Trinajstić information content (AvgIpc) is 3.05. The van der Waals surface area contributed by atoms with Gasteiger partial charge in [-0.3, -0.25) is 4.79 Å². The minimum absolute atomic E-state index is 0.0433. The highest BCUT2D eigenvalue weighted by Crippen LogP contribution is 2.14. The summed E-state index contributed by atoms with van der Waals surface area (Å²) in [6, 6.07) is 8.05. The summed E-state index contributed by atoms with van der Waals surface area (Å²) in [4.78, 5) is 47.5. The molecule has 1 aromatic carbocycles. The molecule has 0 bridgehead atoms. The lowest BCUT2D eigenvalue weighted by Gasteiger charge is -2.18. The van der Waals surface area contributed by atoms with E-state index in [9.17, 15) is 19.2 Å². The Morgan fingerprint density at radius 2 is 1.77 bits per heavy atom. The van der Waals surface area contributed by atoms with Crippen molar-refractivity contribution in [2.24, 2.45) is 5.92 Å². The summed E-state index contributed by atoms with van der Waals surface area (Å²) in [5.74, 6) is -2.02. The third-order valence-electron chi connectivity index (χ3n) is 3.87. The molecule has 1 heterocycles. The highest BCUT2D eigenvalue weighted by molar-refractivity contribution is 8.13. The van der Waals surface area contributed by atoms with Crippen LogP contribution in [0.1, 0.15) is 30.9 Å². The maximum absolute atomic E-state index is 12.4. The van der Waals surface area contributed by atoms with Crippen LogP contribution in [-0.4, -0.2) is 29.0 Å². The summed E-state index contributed by atoms with van der Waals surface area (Å²) in [6.45, 7) is 4.63. The van der Waals surface area contributed by atoms with Crippen molar-refractivity contribution < 1.29 is 32.7 Å². The highest BCUT2D eigenvalue weighted by atomic mass is 32.2. The lowest BCUT2D eigenvalue weighted by molar-refractivity contribution is -0.148. The molecular weight excluding hydrogens is 414 g/mol. The summed E-state index contributed by atoms with van der Waals surface area (Å²) in [5.41, 5.74) is 0.795. The Hall–Kier alpha value is -3.01. The average molecular weight is 437 g/mol. The van der Waals surface area contributed by atoms with Crippen LogP contribution in [0, 0.1) is 12.8 Å². The van der Waals surface area contributed by atoms with Crippen LogP contribution in [0.25, 0.3) is 0 Å². The molecule has 0 aliphatic carbocycles. The summed E-state index contributed by atoms with van der Waals surface area (Å²) < 4.78 is 19.7. The molecule has 0 fully saturated rings. The quantitative estimate of drug-likeness (QED) is 0.589. The topological polar surface area (TPSA) is 125 Å². The van der Waals surface area contributed by atoms with Gasteiger partial charge in [-0.1, -0.05) is 44.2 Å². The van der Waals surface area contributed by atoms with Gasteiger partial charge in [0.25, 0.3) is 0 Å². The predicted octanol–water partition coefficient (Wildman–Crippen LogP) is 2.80. The van der Waals surface area contributed by atoms with Crippen LogP contribution in [0.2, 0.25) is 0 Å². The van der Waals surface area contributed by atoms with Gasteiger partial charge in [-0.15, -0.1) is 0 Å². The third kappa shape index (κ3) is 7.43. The smallest absolute Gasteiger partial charge is 0.459 e. The van der Waals surface area contributed by atoms with Crippen molar-refractivity contribution >= 4 is 28.9 Å². The van der Waals surface area contributed by atoms with Crippen LogP contribution < -0.4 is 11.1 Å². The van der Waals surface area contributed by atoms with Gasteiger partial charge in [0.1, 0.15) is 12.6 Å². The first kappa shape index (κ1) is 23.3. The van der Waals surface area contributed by atoms with Crippen molar-refractivity contribution in [1.29, 1.82) is 0 Å². The molecule has 30 heavy (non-hydrogen) atoms. The molecule has 0 aliphatic rings. The Balaban J connectivity index is 1.90. The van der Waals surface area contributed by atoms with Crippen LogP contribution >= 0.6 is 11.8 Å². The molecule has 2 rings (SSSR count). The maximum Gasteiger partial charge on any atom is 0.519 e. The number of esters is 1. The zero-order chi connectivity index (χ0) is 22.1. The van der Waals surface area contributed by atoms with Crippen molar-refractivity contribution in [3.8, 4) is 0 Å². The molecule has 10 heteroatoms. The minimum atomic E-state index is -1.03. The van der Waals surface area contributed by atoms with E-state index in [-0.39, 0.29) is 42.3 Å². The molecule has 0 aliphatic heterocycles. The second kappa shape index (κ2) is 11.2. The van der Waals surface area contributed by atoms with Gasteiger partial charge in [-0.25, -0.2) is 14.4 Å². The van der Waals surface area contributed by atoms with Gasteiger partial charge < -0.3 is 23.6 Å². The number of amides is 1. The summed E-state index contributed by atoms with van der Waals surface area (Å²) >= 11 is 0.693. The molecule has 0 saturated heterocycles. The van der Waals surface area contributed by atoms with Crippen molar-refractivity contribution in [3.05, 3.63) is 58.0 Å². The van der Waals surface area contributed by atoms with Gasteiger partial charge in [0, 0.05) is 11.7 Å². The molecule has 162 valence electrons. The SMILES string of the molecule is Cc1oc(=O)oc1COC(=O)SC[C@H](NC(=O)C(C)C)C(=O)OCc1ccccc1. The molecule has 9 nitrogen and oxygen atoms in total. The fraction of sp³-hybridized carbons (Fsp3) is 0.400. The molecular formula is C20H23NO8S. The third-order valence-corrected chi connectivity index (χ3v) is 4.73. The number of thioether (sulfide) groups is 1. The number of rotatable bonds is 9. The number of carbonyl (C=O) groups is 3. The lowest BCUT2D eigenvalue weighted by Crippen LogP contribution is -2.45. The van der Waals surface area contributed by atoms with Gasteiger partial charge in [0.2, 0.25) is 5.91 Å². The molecule has 1 aromatic heterocycles. The number of aryl methyl sites for hydroxylation is 1. The van der Waals surface area contributed by atoms with Crippen LogP contribution in [0.4, 0.5) is 4.79 Å². The largest absolute Gasteiger partial charge is 0.519 e. The first-order valence-electron chi connectivity index (χ1n) is 9.16. The van der Waals surface area contributed by atoms with Crippen LogP contribution in [0.15, 0.2) is 44.0 Å². The van der Waals surface area contributed by atoms with Gasteiger partial charge in [0.15, 0.2) is 18.1 Å². The van der Waals surface area contributed by atoms with Crippen molar-refractivity contribution in [2.45, 2.75) is 40.0 Å². The van der Waals surface area contributed by atoms with Gasteiger partial charge in [0.05, 0.1) is 0 Å². The molecule has 2 aromatic rings. The number of nitrogens with one attached hydrogen (secondary N) is 1. The normalized spacial score (nSPS) is 11.7. The first-order chi connectivity index (χ1) is 14.3. The van der Waals surface area contributed by atoms with Gasteiger partial charge >= 0.3 is 17.1 Å². The summed E-state index contributed by atoms with van der Waals surface area (Å²) in [6.07, 6.45) is 0. The van der Waals surface area contributed by atoms with Crippen molar-refractivity contribution in [1.82, 2.24) is 5.32 Å². The van der Waals surface area contributed by atoms with E-state index in [4.69, 9.17) is 13.9 Å². The highest BCUT2D eigenvalue weighted by Gasteiger charge is 2.25. The molecule has 0 spiro atoms. The standard InChI is InChI=1S/C20H23NO8S/c1-12(2)17(22)21-15(18(23)26-9-14-7-5-4-6-8-14)11-30-20(25)27-10-16-13(3)28-19(24)29-16/h4-8,12,15H,9-11H2,1-3H3,(H,21,22)/t15-/m0/s1. The second-order valence-electron chi connectivity index (χ2n) is 6.59. The number of carbonyl (C=O) groups excluding carboxylic acids is 3. The fourth-order valence-corrected chi connectivity index (χ4v) is 2.82. The van der Waals surface area contributed by atoms with Crippen molar-refractivity contribution in [3.63, 3.8) is 0 Å². The maximum atomic E-state index is 12.4. The fourth-order valence-electron chi connectivity index (χ4n) is 2.16. The summed E-state index contributed by atoms with van der Waals surface area (Å²) in [7, 11) is 0. The predicted molar refractivity (Wildman–Crippen MR) is 108 cm³/mol. The number of benzene rings is 1. The molecule has 0 unspecified atom stereocenters. The van der Waals surface area contributed by atoms with E-state index in [2.05, 4.69) is 9.73 Å². The minimum Gasteiger partial charge on any atom is -0.459 e. The van der Waals surface area contributed by atoms with Gasteiger partial charge in [-0.05, 0) is 24.2 Å². The Morgan fingerprint density at radius 3 is 2.37 bits per heavy atom. The summed E-state index contributed by atoms with van der Waals surface area (Å²) in [5, 5.41) is 1.87. The Labute approximate surface area is 177 Å². The second-order valence-corrected chi connectivity index (χ2v) is 7.55. The molecule has 1 N–H and O–H groups in total. The number of hydrogen-bond acceptors (Lipinski definition) is 9. The van der Waals surface area contributed by atoms with E-state index in [1.807, 2.05) is 18.2 Å². The zero-order valence-corrected chi connectivity index (χ0v) is 17.7. The number of hydrogen-bond donors (Lipinski definition) is 1. The van der Waals surface area contributed by atoms with Crippen LogP contribution in [0.3, 0.4) is 0 Å². The van der Waals surface area contributed by atoms with E-state index >= 15 is 0 Å². The Kier molecular flexibility index (Phi) is 8.72. The molecule has 1 atom stereocenters. The van der Waals surface area contributed by atoms with Crippen LogP contribution in [-0.2, 0) is 32.3 Å². The van der Waals surface area contributed by atoms with Gasteiger partial charge in [-0.2, -0.15) is 0 Å². The molecule has 1 amide bonds. The van der Waals surface area contributed by atoms with Crippen LogP contribution in [0.5, 0.6) is 0 Å². The van der Waals surface area contributed by atoms with E-state index in [1.54, 1.807) is 26.0 Å². The van der Waals surface area contributed by atoms with Crippen molar-refractivity contribution in [2.75, 3.05) is 5.75 Å². The van der Waals surface area contributed by atoms with E-state index in [0.717, 1.165) is 5.56 Å². The van der Waals surface area contributed by atoms with E-state index in [0.29, 0.717) is 11.8 Å². The van der Waals surface area contributed by atoms with E-state index < -0.39 is 23.1 Å².